The summed E-state index contributed by atoms with van der Waals surface area (Å²) in [6.45, 7) is -2.96. The van der Waals surface area contributed by atoms with Gasteiger partial charge in [0.05, 0.1) is 6.10 Å². The number of alkyl halides is 2. The van der Waals surface area contributed by atoms with Crippen molar-refractivity contribution < 1.29 is 23.4 Å². The van der Waals surface area contributed by atoms with Gasteiger partial charge in [-0.2, -0.15) is 8.78 Å². The van der Waals surface area contributed by atoms with E-state index in [-0.39, 0.29) is 18.2 Å². The van der Waals surface area contributed by atoms with Crippen LogP contribution in [0.1, 0.15) is 22.0 Å². The van der Waals surface area contributed by atoms with Crippen molar-refractivity contribution in [2.75, 3.05) is 6.54 Å². The van der Waals surface area contributed by atoms with Gasteiger partial charge in [-0.1, -0.05) is 30.3 Å². The molecule has 0 fully saturated rings. The van der Waals surface area contributed by atoms with Crippen LogP contribution in [0, 0.1) is 0 Å². The summed E-state index contributed by atoms with van der Waals surface area (Å²) < 4.78 is 28.6. The Morgan fingerprint density at radius 2 is 1.86 bits per heavy atom. The summed E-state index contributed by atoms with van der Waals surface area (Å²) in [6, 6.07) is 14.3. The maximum Gasteiger partial charge on any atom is 0.387 e. The topological polar surface area (TPSA) is 58.6 Å². The highest BCUT2D eigenvalue weighted by atomic mass is 19.3. The highest BCUT2D eigenvalue weighted by Gasteiger charge is 2.12. The number of rotatable bonds is 6. The molecule has 1 amide bonds. The van der Waals surface area contributed by atoms with Crippen molar-refractivity contribution >= 4 is 5.91 Å². The van der Waals surface area contributed by atoms with Crippen LogP contribution < -0.4 is 10.1 Å². The smallest absolute Gasteiger partial charge is 0.387 e. The lowest BCUT2D eigenvalue weighted by molar-refractivity contribution is -0.0499. The van der Waals surface area contributed by atoms with Crippen molar-refractivity contribution in [1.29, 1.82) is 0 Å². The third-order valence-electron chi connectivity index (χ3n) is 2.96. The number of carbonyl (C=O) groups excluding carboxylic acids is 1. The Kier molecular flexibility index (Phi) is 5.43. The van der Waals surface area contributed by atoms with Gasteiger partial charge in [0.25, 0.3) is 5.91 Å². The van der Waals surface area contributed by atoms with E-state index in [2.05, 4.69) is 10.1 Å². The van der Waals surface area contributed by atoms with Gasteiger partial charge in [0, 0.05) is 12.1 Å². The van der Waals surface area contributed by atoms with E-state index in [1.807, 2.05) is 0 Å². The molecule has 2 aromatic rings. The van der Waals surface area contributed by atoms with E-state index in [1.54, 1.807) is 36.4 Å². The number of carbonyl (C=O) groups is 1. The average molecular weight is 307 g/mol. The van der Waals surface area contributed by atoms with Gasteiger partial charge in [-0.05, 0) is 29.8 Å². The lowest BCUT2D eigenvalue weighted by atomic mass is 10.1. The van der Waals surface area contributed by atoms with Crippen molar-refractivity contribution in [2.24, 2.45) is 0 Å². The normalized spacial score (nSPS) is 12.0. The summed E-state index contributed by atoms with van der Waals surface area (Å²) in [4.78, 5) is 11.8. The molecule has 4 nitrogen and oxygen atoms in total. The minimum atomic E-state index is -2.93. The van der Waals surface area contributed by atoms with Crippen molar-refractivity contribution in [3.05, 3.63) is 65.7 Å². The summed E-state index contributed by atoms with van der Waals surface area (Å²) in [7, 11) is 0. The predicted molar refractivity (Wildman–Crippen MR) is 76.8 cm³/mol. The molecule has 2 aromatic carbocycles. The number of hydrogen-bond acceptors (Lipinski definition) is 3. The number of halogens is 2. The molecule has 22 heavy (non-hydrogen) atoms. The van der Waals surface area contributed by atoms with Gasteiger partial charge >= 0.3 is 6.61 Å². The maximum atomic E-state index is 12.2. The number of benzene rings is 2. The number of amides is 1. The number of hydrogen-bond donors (Lipinski definition) is 2. The fourth-order valence-electron chi connectivity index (χ4n) is 1.90. The summed E-state index contributed by atoms with van der Waals surface area (Å²) in [5.41, 5.74) is 0.857. The first-order valence-corrected chi connectivity index (χ1v) is 6.62. The van der Waals surface area contributed by atoms with E-state index in [0.717, 1.165) is 0 Å². The Labute approximate surface area is 126 Å². The first-order valence-electron chi connectivity index (χ1n) is 6.62. The molecule has 0 aliphatic heterocycles. The Hall–Kier alpha value is -2.47. The second-order valence-electron chi connectivity index (χ2n) is 4.54. The van der Waals surface area contributed by atoms with Crippen LogP contribution in [0.4, 0.5) is 8.78 Å². The van der Waals surface area contributed by atoms with Gasteiger partial charge in [0.1, 0.15) is 5.75 Å². The molecule has 0 bridgehead atoms. The number of nitrogens with one attached hydrogen (secondary N) is 1. The molecular weight excluding hydrogens is 292 g/mol. The fraction of sp³-hybridized carbons (Fsp3) is 0.188. The van der Waals surface area contributed by atoms with Crippen LogP contribution in [0.2, 0.25) is 0 Å². The standard InChI is InChI=1S/C16H15F2NO3/c17-16(18)22-13-8-4-7-12(9-13)14(20)10-19-15(21)11-5-2-1-3-6-11/h1-9,14,16,20H,10H2,(H,19,21). The molecule has 0 aliphatic carbocycles. The van der Waals surface area contributed by atoms with E-state index in [4.69, 9.17) is 0 Å². The number of ether oxygens (including phenoxy) is 1. The molecule has 1 atom stereocenters. The van der Waals surface area contributed by atoms with Crippen LogP contribution in [0.5, 0.6) is 5.75 Å². The molecule has 0 saturated heterocycles. The predicted octanol–water partition coefficient (Wildman–Crippen LogP) is 2.75. The molecule has 0 radical (unpaired) electrons. The van der Waals surface area contributed by atoms with Crippen LogP contribution in [-0.2, 0) is 0 Å². The lowest BCUT2D eigenvalue weighted by Gasteiger charge is -2.13. The van der Waals surface area contributed by atoms with Gasteiger partial charge in [0.15, 0.2) is 0 Å². The Bertz CT molecular complexity index is 620. The molecule has 1 unspecified atom stereocenters. The molecule has 0 aromatic heterocycles. The molecule has 116 valence electrons. The summed E-state index contributed by atoms with van der Waals surface area (Å²) >= 11 is 0. The molecule has 0 aliphatic rings. The minimum Gasteiger partial charge on any atom is -0.435 e. The third kappa shape index (κ3) is 4.53. The molecule has 6 heteroatoms. The first kappa shape index (κ1) is 15.9. The van der Waals surface area contributed by atoms with E-state index in [1.165, 1.54) is 18.2 Å². The SMILES string of the molecule is O=C(NCC(O)c1cccc(OC(F)F)c1)c1ccccc1. The average Bonchev–Trinajstić information content (AvgIpc) is 2.52. The van der Waals surface area contributed by atoms with Gasteiger partial charge in [0.2, 0.25) is 0 Å². The third-order valence-corrected chi connectivity index (χ3v) is 2.96. The molecule has 0 saturated carbocycles. The van der Waals surface area contributed by atoms with Crippen LogP contribution in [0.15, 0.2) is 54.6 Å². The summed E-state index contributed by atoms with van der Waals surface area (Å²) in [5, 5.41) is 12.6. The first-order chi connectivity index (χ1) is 10.6. The monoisotopic (exact) mass is 307 g/mol. The molecule has 0 heterocycles. The fourth-order valence-corrected chi connectivity index (χ4v) is 1.90. The Morgan fingerprint density at radius 1 is 1.14 bits per heavy atom. The van der Waals surface area contributed by atoms with Gasteiger partial charge in [-0.15, -0.1) is 0 Å². The van der Waals surface area contributed by atoms with Gasteiger partial charge < -0.3 is 15.2 Å². The number of aliphatic hydroxyl groups excluding tert-OH is 1. The molecule has 2 rings (SSSR count). The highest BCUT2D eigenvalue weighted by Crippen LogP contribution is 2.20. The Morgan fingerprint density at radius 3 is 2.55 bits per heavy atom. The van der Waals surface area contributed by atoms with Gasteiger partial charge in [-0.3, -0.25) is 4.79 Å². The van der Waals surface area contributed by atoms with Crippen molar-refractivity contribution in [2.45, 2.75) is 12.7 Å². The lowest BCUT2D eigenvalue weighted by Crippen LogP contribution is -2.28. The Balaban J connectivity index is 1.94. The maximum absolute atomic E-state index is 12.2. The van der Waals surface area contributed by atoms with Crippen molar-refractivity contribution in [1.82, 2.24) is 5.32 Å². The second-order valence-corrected chi connectivity index (χ2v) is 4.54. The van der Waals surface area contributed by atoms with Crippen LogP contribution in [0.25, 0.3) is 0 Å². The largest absolute Gasteiger partial charge is 0.435 e. The second kappa shape index (κ2) is 7.51. The van der Waals surface area contributed by atoms with E-state index in [9.17, 15) is 18.7 Å². The zero-order chi connectivity index (χ0) is 15.9. The van der Waals surface area contributed by atoms with E-state index >= 15 is 0 Å². The molecular formula is C16H15F2NO3. The van der Waals surface area contributed by atoms with E-state index < -0.39 is 12.7 Å². The van der Waals surface area contributed by atoms with Gasteiger partial charge in [-0.25, -0.2) is 0 Å². The van der Waals surface area contributed by atoms with Crippen LogP contribution in [-0.4, -0.2) is 24.2 Å². The molecule has 2 N–H and O–H groups in total. The minimum absolute atomic E-state index is 0.0359. The van der Waals surface area contributed by atoms with Crippen molar-refractivity contribution in [3.8, 4) is 5.75 Å². The van der Waals surface area contributed by atoms with Crippen molar-refractivity contribution in [3.63, 3.8) is 0 Å². The zero-order valence-corrected chi connectivity index (χ0v) is 11.6. The zero-order valence-electron chi connectivity index (χ0n) is 11.6. The quantitative estimate of drug-likeness (QED) is 0.863. The van der Waals surface area contributed by atoms with Crippen LogP contribution in [0.3, 0.4) is 0 Å². The summed E-state index contributed by atoms with van der Waals surface area (Å²) in [5.74, 6) is -0.361. The summed E-state index contributed by atoms with van der Waals surface area (Å²) in [6.07, 6.45) is -1.02. The number of aliphatic hydroxyl groups is 1. The van der Waals surface area contributed by atoms with E-state index in [0.29, 0.717) is 11.1 Å². The van der Waals surface area contributed by atoms with Crippen LogP contribution >= 0.6 is 0 Å². The highest BCUT2D eigenvalue weighted by molar-refractivity contribution is 5.94. The molecule has 0 spiro atoms.